The minimum Gasteiger partial charge on any atom is -0.324 e. The molecule has 0 heterocycles. The fourth-order valence-electron chi connectivity index (χ4n) is 2.49. The van der Waals surface area contributed by atoms with Crippen molar-refractivity contribution in [3.63, 3.8) is 0 Å². The van der Waals surface area contributed by atoms with Crippen LogP contribution >= 0.6 is 0 Å². The van der Waals surface area contributed by atoms with Crippen molar-refractivity contribution in [2.75, 3.05) is 0 Å². The van der Waals surface area contributed by atoms with Gasteiger partial charge < -0.3 is 5.73 Å². The third-order valence-electron chi connectivity index (χ3n) is 3.51. The molecule has 0 radical (unpaired) electrons. The first kappa shape index (κ1) is 15.6. The second-order valence-corrected chi connectivity index (χ2v) is 5.85. The molecule has 0 aromatic heterocycles. The van der Waals surface area contributed by atoms with Crippen molar-refractivity contribution in [3.8, 4) is 0 Å². The lowest BCUT2D eigenvalue weighted by Gasteiger charge is -2.15. The molecule has 0 aliphatic carbocycles. The van der Waals surface area contributed by atoms with E-state index in [0.717, 1.165) is 12.0 Å². The first-order valence-electron chi connectivity index (χ1n) is 7.24. The number of halogens is 2. The molecule has 21 heavy (non-hydrogen) atoms. The van der Waals surface area contributed by atoms with Crippen molar-refractivity contribution in [1.82, 2.24) is 0 Å². The van der Waals surface area contributed by atoms with Crippen LogP contribution in [0, 0.1) is 17.6 Å². The third kappa shape index (κ3) is 4.11. The molecule has 1 nitrogen and oxygen atoms in total. The molecule has 0 aliphatic heterocycles. The largest absolute Gasteiger partial charge is 0.324 e. The average Bonchev–Trinajstić information content (AvgIpc) is 2.42. The Morgan fingerprint density at radius 1 is 0.952 bits per heavy atom. The summed E-state index contributed by atoms with van der Waals surface area (Å²) in [5.74, 6) is -0.520. The molecule has 2 aromatic carbocycles. The van der Waals surface area contributed by atoms with Gasteiger partial charge in [-0.05, 0) is 42.0 Å². The van der Waals surface area contributed by atoms with Gasteiger partial charge in [-0.15, -0.1) is 0 Å². The Balaban J connectivity index is 2.18. The van der Waals surface area contributed by atoms with E-state index in [0.29, 0.717) is 5.92 Å². The van der Waals surface area contributed by atoms with Crippen molar-refractivity contribution in [1.29, 1.82) is 0 Å². The maximum atomic E-state index is 13.7. The Hall–Kier alpha value is -1.74. The molecule has 0 fully saturated rings. The first-order chi connectivity index (χ1) is 9.97. The second kappa shape index (κ2) is 6.81. The molecule has 2 rings (SSSR count). The van der Waals surface area contributed by atoms with Gasteiger partial charge in [-0.1, -0.05) is 44.2 Å². The molecule has 0 saturated carbocycles. The van der Waals surface area contributed by atoms with Crippen molar-refractivity contribution >= 4 is 0 Å². The molecule has 0 spiro atoms. The zero-order valence-corrected chi connectivity index (χ0v) is 12.4. The Labute approximate surface area is 124 Å². The molecule has 2 aromatic rings. The molecule has 0 aliphatic rings. The molecule has 3 heteroatoms. The minimum absolute atomic E-state index is 0.0549. The van der Waals surface area contributed by atoms with Crippen LogP contribution in [0.4, 0.5) is 8.78 Å². The van der Waals surface area contributed by atoms with Gasteiger partial charge in [0, 0.05) is 11.6 Å². The fourth-order valence-corrected chi connectivity index (χ4v) is 2.49. The van der Waals surface area contributed by atoms with E-state index in [2.05, 4.69) is 19.9 Å². The molecule has 112 valence electrons. The van der Waals surface area contributed by atoms with Crippen LogP contribution in [0.25, 0.3) is 0 Å². The summed E-state index contributed by atoms with van der Waals surface area (Å²) in [6.07, 6.45) is 1.12. The maximum absolute atomic E-state index is 13.7. The highest BCUT2D eigenvalue weighted by molar-refractivity contribution is 5.29. The van der Waals surface area contributed by atoms with Gasteiger partial charge in [0.15, 0.2) is 0 Å². The molecule has 1 unspecified atom stereocenters. The van der Waals surface area contributed by atoms with E-state index in [1.54, 1.807) is 0 Å². The zero-order valence-electron chi connectivity index (χ0n) is 12.4. The van der Waals surface area contributed by atoms with Crippen LogP contribution in [0.1, 0.15) is 36.6 Å². The molecule has 2 N–H and O–H groups in total. The van der Waals surface area contributed by atoms with Gasteiger partial charge >= 0.3 is 0 Å². The van der Waals surface area contributed by atoms with Gasteiger partial charge in [0.2, 0.25) is 0 Å². The summed E-state index contributed by atoms with van der Waals surface area (Å²) in [5, 5.41) is 0. The predicted molar refractivity (Wildman–Crippen MR) is 82.0 cm³/mol. The van der Waals surface area contributed by atoms with Crippen LogP contribution in [0.5, 0.6) is 0 Å². The van der Waals surface area contributed by atoms with Crippen molar-refractivity contribution in [2.45, 2.75) is 32.7 Å². The molecule has 0 amide bonds. The molecular weight excluding hydrogens is 268 g/mol. The average molecular weight is 289 g/mol. The van der Waals surface area contributed by atoms with Gasteiger partial charge in [-0.25, -0.2) is 8.78 Å². The molecule has 1 atom stereocenters. The van der Waals surface area contributed by atoms with Crippen LogP contribution in [-0.2, 0) is 12.8 Å². The van der Waals surface area contributed by atoms with E-state index in [9.17, 15) is 8.78 Å². The number of rotatable bonds is 5. The molecule has 0 saturated heterocycles. The normalized spacial score (nSPS) is 12.7. The summed E-state index contributed by atoms with van der Waals surface area (Å²) >= 11 is 0. The highest BCUT2D eigenvalue weighted by atomic mass is 19.1. The highest BCUT2D eigenvalue weighted by Crippen LogP contribution is 2.22. The standard InChI is InChI=1S/C18H21F2N/c1-12(2)9-13-5-3-6-14(10-13)18(21)11-15-16(19)7-4-8-17(15)20/h3-8,10,12,18H,9,11,21H2,1-2H3. The van der Waals surface area contributed by atoms with Gasteiger partial charge in [0.05, 0.1) is 0 Å². The SMILES string of the molecule is CC(C)Cc1cccc(C(N)Cc2c(F)cccc2F)c1. The van der Waals surface area contributed by atoms with Gasteiger partial charge in [0.1, 0.15) is 11.6 Å². The summed E-state index contributed by atoms with van der Waals surface area (Å²) in [7, 11) is 0. The lowest BCUT2D eigenvalue weighted by atomic mass is 9.95. The smallest absolute Gasteiger partial charge is 0.129 e. The Morgan fingerprint density at radius 2 is 1.57 bits per heavy atom. The summed E-state index contributed by atoms with van der Waals surface area (Å²) in [6, 6.07) is 11.4. The third-order valence-corrected chi connectivity index (χ3v) is 3.51. The summed E-state index contributed by atoms with van der Waals surface area (Å²) in [6.45, 7) is 4.31. The van der Waals surface area contributed by atoms with Crippen LogP contribution in [0.2, 0.25) is 0 Å². The predicted octanol–water partition coefficient (Wildman–Crippen LogP) is 4.41. The number of hydrogen-bond acceptors (Lipinski definition) is 1. The van der Waals surface area contributed by atoms with E-state index in [-0.39, 0.29) is 12.0 Å². The summed E-state index contributed by atoms with van der Waals surface area (Å²) < 4.78 is 27.4. The van der Waals surface area contributed by atoms with Crippen LogP contribution in [-0.4, -0.2) is 0 Å². The topological polar surface area (TPSA) is 26.0 Å². The minimum atomic E-state index is -0.538. The Bertz CT molecular complexity index is 588. The monoisotopic (exact) mass is 289 g/mol. The summed E-state index contributed by atoms with van der Waals surface area (Å²) in [5.41, 5.74) is 8.30. The van der Waals surface area contributed by atoms with Crippen LogP contribution in [0.3, 0.4) is 0 Å². The van der Waals surface area contributed by atoms with Crippen LogP contribution in [0.15, 0.2) is 42.5 Å². The molecular formula is C18H21F2N. The van der Waals surface area contributed by atoms with E-state index in [4.69, 9.17) is 5.73 Å². The fraction of sp³-hybridized carbons (Fsp3) is 0.333. The zero-order chi connectivity index (χ0) is 15.4. The van der Waals surface area contributed by atoms with Gasteiger partial charge in [-0.3, -0.25) is 0 Å². The first-order valence-corrected chi connectivity index (χ1v) is 7.24. The van der Waals surface area contributed by atoms with Crippen molar-refractivity contribution in [3.05, 3.63) is 70.8 Å². The number of nitrogens with two attached hydrogens (primary N) is 1. The van der Waals surface area contributed by atoms with Gasteiger partial charge in [0.25, 0.3) is 0 Å². The molecule has 0 bridgehead atoms. The van der Waals surface area contributed by atoms with E-state index < -0.39 is 17.7 Å². The summed E-state index contributed by atoms with van der Waals surface area (Å²) in [4.78, 5) is 0. The Morgan fingerprint density at radius 3 is 2.19 bits per heavy atom. The Kier molecular flexibility index (Phi) is 5.07. The van der Waals surface area contributed by atoms with E-state index in [1.165, 1.54) is 23.8 Å². The lowest BCUT2D eigenvalue weighted by Crippen LogP contribution is -2.15. The van der Waals surface area contributed by atoms with Crippen molar-refractivity contribution in [2.24, 2.45) is 11.7 Å². The number of hydrogen-bond donors (Lipinski definition) is 1. The second-order valence-electron chi connectivity index (χ2n) is 5.85. The number of benzene rings is 2. The quantitative estimate of drug-likeness (QED) is 0.867. The maximum Gasteiger partial charge on any atom is 0.129 e. The van der Waals surface area contributed by atoms with E-state index >= 15 is 0 Å². The van der Waals surface area contributed by atoms with Gasteiger partial charge in [-0.2, -0.15) is 0 Å². The van der Waals surface area contributed by atoms with Crippen LogP contribution < -0.4 is 5.73 Å². The lowest BCUT2D eigenvalue weighted by molar-refractivity contribution is 0.539. The van der Waals surface area contributed by atoms with E-state index in [1.807, 2.05) is 18.2 Å². The highest BCUT2D eigenvalue weighted by Gasteiger charge is 2.14. The van der Waals surface area contributed by atoms with Crippen molar-refractivity contribution < 1.29 is 8.78 Å².